The van der Waals surface area contributed by atoms with Gasteiger partial charge in [0.05, 0.1) is 11.5 Å². The van der Waals surface area contributed by atoms with Gasteiger partial charge in [0, 0.05) is 11.1 Å². The molecule has 0 aliphatic heterocycles. The number of carbonyl (C=O) groups excluding carboxylic acids is 2. The summed E-state index contributed by atoms with van der Waals surface area (Å²) in [5.74, 6) is -1.17. The molecular formula is C24H21NO6S. The maximum Gasteiger partial charge on any atom is 0.327 e. The van der Waals surface area contributed by atoms with Crippen LogP contribution in [0.1, 0.15) is 34.5 Å². The third-order valence-corrected chi connectivity index (χ3v) is 6.73. The lowest BCUT2D eigenvalue weighted by atomic mass is 10.0. The van der Waals surface area contributed by atoms with Crippen LogP contribution < -0.4 is 4.72 Å². The molecule has 0 saturated heterocycles. The molecule has 1 aliphatic rings. The number of carbonyl (C=O) groups is 2. The molecule has 164 valence electrons. The summed E-state index contributed by atoms with van der Waals surface area (Å²) in [4.78, 5) is 25.1. The number of ketones is 1. The quantitative estimate of drug-likeness (QED) is 0.418. The third kappa shape index (κ3) is 3.95. The first-order chi connectivity index (χ1) is 15.3. The van der Waals surface area contributed by atoms with Crippen LogP contribution in [-0.2, 0) is 19.6 Å². The molecule has 32 heavy (non-hydrogen) atoms. The first-order valence-electron chi connectivity index (χ1n) is 10.0. The van der Waals surface area contributed by atoms with Crippen LogP contribution in [0.5, 0.6) is 0 Å². The monoisotopic (exact) mass is 451 g/mol. The van der Waals surface area contributed by atoms with Crippen molar-refractivity contribution in [3.05, 3.63) is 89.5 Å². The van der Waals surface area contributed by atoms with Crippen LogP contribution in [0.25, 0.3) is 11.1 Å². The van der Waals surface area contributed by atoms with Crippen LogP contribution in [0.15, 0.2) is 77.7 Å². The lowest BCUT2D eigenvalue weighted by Crippen LogP contribution is -2.45. The highest BCUT2D eigenvalue weighted by Gasteiger charge is 2.35. The Kier molecular flexibility index (Phi) is 5.92. The van der Waals surface area contributed by atoms with Gasteiger partial charge in [-0.05, 0) is 35.7 Å². The number of benzene rings is 3. The smallest absolute Gasteiger partial charge is 0.327 e. The van der Waals surface area contributed by atoms with E-state index in [2.05, 4.69) is 4.72 Å². The van der Waals surface area contributed by atoms with E-state index >= 15 is 0 Å². The van der Waals surface area contributed by atoms with E-state index in [-0.39, 0.29) is 22.8 Å². The van der Waals surface area contributed by atoms with Gasteiger partial charge in [-0.15, -0.1) is 0 Å². The second-order valence-electron chi connectivity index (χ2n) is 7.29. The number of ether oxygens (including phenoxy) is 1. The summed E-state index contributed by atoms with van der Waals surface area (Å²) in [6, 6.07) is 17.9. The number of rotatable bonds is 7. The lowest BCUT2D eigenvalue weighted by Gasteiger charge is -2.23. The highest BCUT2D eigenvalue weighted by atomic mass is 32.2. The Hall–Kier alpha value is -3.33. The van der Waals surface area contributed by atoms with Gasteiger partial charge in [0.1, 0.15) is 12.1 Å². The van der Waals surface area contributed by atoms with Gasteiger partial charge in [0.15, 0.2) is 5.78 Å². The van der Waals surface area contributed by atoms with Crippen LogP contribution in [0.2, 0.25) is 0 Å². The van der Waals surface area contributed by atoms with E-state index in [1.807, 2.05) is 6.07 Å². The highest BCUT2D eigenvalue weighted by Crippen LogP contribution is 2.37. The second-order valence-corrected chi connectivity index (χ2v) is 9.00. The molecule has 0 aromatic heterocycles. The molecule has 1 aliphatic carbocycles. The Morgan fingerprint density at radius 1 is 0.938 bits per heavy atom. The lowest BCUT2D eigenvalue weighted by molar-refractivity contribution is -0.148. The Morgan fingerprint density at radius 2 is 1.56 bits per heavy atom. The number of esters is 1. The van der Waals surface area contributed by atoms with Crippen molar-refractivity contribution in [2.45, 2.75) is 24.0 Å². The molecule has 0 spiro atoms. The molecule has 7 nitrogen and oxygen atoms in total. The molecule has 0 saturated carbocycles. The van der Waals surface area contributed by atoms with Crippen molar-refractivity contribution >= 4 is 21.8 Å². The van der Waals surface area contributed by atoms with E-state index in [0.717, 1.165) is 5.56 Å². The molecule has 0 bridgehead atoms. The fraction of sp³-hybridized carbons (Fsp3) is 0.167. The van der Waals surface area contributed by atoms with Gasteiger partial charge in [-0.3, -0.25) is 9.59 Å². The van der Waals surface area contributed by atoms with Crippen LogP contribution in [-0.4, -0.2) is 37.9 Å². The third-order valence-electron chi connectivity index (χ3n) is 5.29. The van der Waals surface area contributed by atoms with Gasteiger partial charge in [0.2, 0.25) is 10.0 Å². The standard InChI is InChI=1S/C24H21NO6S/c1-2-31-24(28)21(22(26)15-8-4-3-5-9-15)25-32(29,30)16-12-13-18-17-10-6-7-11-19(17)23(27)20(18)14-16/h3-14,21-22,25-26H,2H2,1H3/t21-,22+/m1/s1. The molecule has 2 atom stereocenters. The van der Waals surface area contributed by atoms with Crippen LogP contribution >= 0.6 is 0 Å². The minimum atomic E-state index is -4.27. The molecule has 0 heterocycles. The predicted octanol–water partition coefficient (Wildman–Crippen LogP) is 2.84. The van der Waals surface area contributed by atoms with Crippen molar-refractivity contribution in [2.24, 2.45) is 0 Å². The Balaban J connectivity index is 1.68. The van der Waals surface area contributed by atoms with Crippen molar-refractivity contribution in [3.8, 4) is 11.1 Å². The Morgan fingerprint density at radius 3 is 2.25 bits per heavy atom. The number of sulfonamides is 1. The minimum absolute atomic E-state index is 0.0180. The maximum absolute atomic E-state index is 13.1. The first-order valence-corrected chi connectivity index (χ1v) is 11.5. The van der Waals surface area contributed by atoms with Crippen molar-refractivity contribution in [2.75, 3.05) is 6.61 Å². The van der Waals surface area contributed by atoms with Crippen LogP contribution in [0.3, 0.4) is 0 Å². The number of aliphatic hydroxyl groups excluding tert-OH is 1. The van der Waals surface area contributed by atoms with Crippen LogP contribution in [0.4, 0.5) is 0 Å². The zero-order valence-electron chi connectivity index (χ0n) is 17.2. The van der Waals surface area contributed by atoms with E-state index in [0.29, 0.717) is 16.7 Å². The summed E-state index contributed by atoms with van der Waals surface area (Å²) in [5, 5.41) is 10.7. The summed E-state index contributed by atoms with van der Waals surface area (Å²) in [5.41, 5.74) is 2.52. The SMILES string of the molecule is CCOC(=O)[C@H](NS(=O)(=O)c1ccc2c(c1)C(=O)c1ccccc1-2)[C@@H](O)c1ccccc1. The van der Waals surface area contributed by atoms with Gasteiger partial charge < -0.3 is 9.84 Å². The summed E-state index contributed by atoms with van der Waals surface area (Å²) >= 11 is 0. The minimum Gasteiger partial charge on any atom is -0.465 e. The van der Waals surface area contributed by atoms with E-state index < -0.39 is 28.1 Å². The zero-order chi connectivity index (χ0) is 22.9. The van der Waals surface area contributed by atoms with Crippen molar-refractivity contribution in [3.63, 3.8) is 0 Å². The van der Waals surface area contributed by atoms with Crippen molar-refractivity contribution < 1.29 is 27.9 Å². The molecule has 0 amide bonds. The Labute approximate surface area is 185 Å². The number of nitrogens with one attached hydrogen (secondary N) is 1. The molecule has 0 unspecified atom stereocenters. The fourth-order valence-electron chi connectivity index (χ4n) is 3.73. The van der Waals surface area contributed by atoms with Crippen molar-refractivity contribution in [1.29, 1.82) is 0 Å². The topological polar surface area (TPSA) is 110 Å². The molecule has 3 aromatic rings. The average molecular weight is 452 g/mol. The largest absolute Gasteiger partial charge is 0.465 e. The number of aliphatic hydroxyl groups is 1. The molecule has 8 heteroatoms. The number of fused-ring (bicyclic) bond motifs is 3. The second kappa shape index (κ2) is 8.66. The van der Waals surface area contributed by atoms with Gasteiger partial charge in [-0.2, -0.15) is 4.72 Å². The van der Waals surface area contributed by atoms with Gasteiger partial charge in [-0.1, -0.05) is 60.7 Å². The summed E-state index contributed by atoms with van der Waals surface area (Å²) in [6.45, 7) is 1.60. The van der Waals surface area contributed by atoms with Crippen molar-refractivity contribution in [1.82, 2.24) is 4.72 Å². The van der Waals surface area contributed by atoms with E-state index in [9.17, 15) is 23.1 Å². The van der Waals surface area contributed by atoms with E-state index in [4.69, 9.17) is 4.74 Å². The Bertz CT molecular complexity index is 1290. The summed E-state index contributed by atoms with van der Waals surface area (Å²) in [6.07, 6.45) is -1.47. The van der Waals surface area contributed by atoms with Gasteiger partial charge >= 0.3 is 5.97 Å². The van der Waals surface area contributed by atoms with Gasteiger partial charge in [0.25, 0.3) is 0 Å². The average Bonchev–Trinajstić information content (AvgIpc) is 3.09. The van der Waals surface area contributed by atoms with Gasteiger partial charge in [-0.25, -0.2) is 8.42 Å². The maximum atomic E-state index is 13.1. The molecule has 3 aromatic carbocycles. The zero-order valence-corrected chi connectivity index (χ0v) is 18.0. The molecule has 2 N–H and O–H groups in total. The molecule has 0 fully saturated rings. The number of hydrogen-bond donors (Lipinski definition) is 2. The van der Waals surface area contributed by atoms with E-state index in [1.54, 1.807) is 61.5 Å². The normalized spacial score (nSPS) is 14.4. The highest BCUT2D eigenvalue weighted by molar-refractivity contribution is 7.89. The predicted molar refractivity (Wildman–Crippen MR) is 117 cm³/mol. The van der Waals surface area contributed by atoms with Crippen LogP contribution in [0, 0.1) is 0 Å². The molecule has 0 radical (unpaired) electrons. The number of hydrogen-bond acceptors (Lipinski definition) is 6. The summed E-state index contributed by atoms with van der Waals surface area (Å²) in [7, 11) is -4.27. The molecule has 4 rings (SSSR count). The summed E-state index contributed by atoms with van der Waals surface area (Å²) < 4.78 is 33.5. The molecular weight excluding hydrogens is 430 g/mol. The van der Waals surface area contributed by atoms with E-state index in [1.165, 1.54) is 12.1 Å². The first kappa shape index (κ1) is 21.9. The fourth-order valence-corrected chi connectivity index (χ4v) is 4.94.